The van der Waals surface area contributed by atoms with Crippen LogP contribution in [-0.2, 0) is 0 Å². The lowest BCUT2D eigenvalue weighted by Gasteiger charge is -1.98. The number of rotatable bonds is 2. The van der Waals surface area contributed by atoms with Crippen molar-refractivity contribution < 1.29 is 0 Å². The molecule has 6 nitrogen and oxygen atoms in total. The molecule has 0 bridgehead atoms. The number of hydrogen-bond acceptors (Lipinski definition) is 4. The zero-order chi connectivity index (χ0) is 13.2. The van der Waals surface area contributed by atoms with Crippen LogP contribution in [0, 0.1) is 3.57 Å². The van der Waals surface area contributed by atoms with Crippen molar-refractivity contribution in [2.75, 3.05) is 0 Å². The van der Waals surface area contributed by atoms with Gasteiger partial charge in [-0.2, -0.15) is 9.90 Å². The van der Waals surface area contributed by atoms with Gasteiger partial charge in [0.25, 0.3) is 5.56 Å². The van der Waals surface area contributed by atoms with Crippen LogP contribution in [0.3, 0.4) is 0 Å². The minimum Gasteiger partial charge on any atom is -0.304 e. The second kappa shape index (κ2) is 4.92. The average molecular weight is 365 g/mol. The third-order valence-corrected chi connectivity index (χ3v) is 3.25. The van der Waals surface area contributed by atoms with Crippen LogP contribution < -0.4 is 5.56 Å². The Morgan fingerprint density at radius 1 is 1.16 bits per heavy atom. The van der Waals surface area contributed by atoms with Crippen LogP contribution in [0.25, 0.3) is 17.2 Å². The van der Waals surface area contributed by atoms with E-state index in [0.717, 1.165) is 5.69 Å². The molecule has 0 fully saturated rings. The van der Waals surface area contributed by atoms with Gasteiger partial charge in [-0.15, -0.1) is 5.10 Å². The number of benzene rings is 1. The minimum absolute atomic E-state index is 0.181. The molecule has 3 rings (SSSR count). The van der Waals surface area contributed by atoms with Crippen LogP contribution >= 0.6 is 22.6 Å². The van der Waals surface area contributed by atoms with Crippen molar-refractivity contribution in [1.82, 2.24) is 25.0 Å². The number of H-pyrrole nitrogens is 1. The lowest BCUT2D eigenvalue weighted by molar-refractivity contribution is 0.752. The zero-order valence-corrected chi connectivity index (χ0v) is 11.8. The molecule has 0 saturated heterocycles. The van der Waals surface area contributed by atoms with Crippen LogP contribution in [0.2, 0.25) is 0 Å². The number of para-hydroxylation sites is 1. The van der Waals surface area contributed by atoms with E-state index in [2.05, 4.69) is 20.2 Å². The molecule has 0 aliphatic heterocycles. The summed E-state index contributed by atoms with van der Waals surface area (Å²) in [6.07, 6.45) is 3.08. The molecule has 1 aromatic carbocycles. The third kappa shape index (κ3) is 2.41. The minimum atomic E-state index is -0.181. The lowest BCUT2D eigenvalue weighted by Crippen LogP contribution is -2.11. The standard InChI is InChI=1S/C12H8IN5O/c13-9-6-14-11(16-12(9)19)10-7-15-18(17-10)8-4-2-1-3-5-8/h1-7H,(H,14,16,19). The molecule has 0 radical (unpaired) electrons. The Morgan fingerprint density at radius 2 is 1.95 bits per heavy atom. The summed E-state index contributed by atoms with van der Waals surface area (Å²) in [5.74, 6) is 0.410. The van der Waals surface area contributed by atoms with Gasteiger partial charge in [-0.05, 0) is 34.7 Å². The molecular weight excluding hydrogens is 357 g/mol. The normalized spacial score (nSPS) is 10.6. The van der Waals surface area contributed by atoms with Crippen molar-refractivity contribution in [1.29, 1.82) is 0 Å². The summed E-state index contributed by atoms with van der Waals surface area (Å²) < 4.78 is 0.539. The van der Waals surface area contributed by atoms with Crippen molar-refractivity contribution in [2.24, 2.45) is 0 Å². The Bertz CT molecular complexity index is 765. The fourth-order valence-electron chi connectivity index (χ4n) is 1.57. The monoisotopic (exact) mass is 365 g/mol. The average Bonchev–Trinajstić information content (AvgIpc) is 2.93. The smallest absolute Gasteiger partial charge is 0.264 e. The summed E-state index contributed by atoms with van der Waals surface area (Å²) in [5, 5.41) is 8.45. The first kappa shape index (κ1) is 12.0. The van der Waals surface area contributed by atoms with E-state index >= 15 is 0 Å². The maximum absolute atomic E-state index is 11.5. The van der Waals surface area contributed by atoms with Gasteiger partial charge >= 0.3 is 0 Å². The summed E-state index contributed by atoms with van der Waals surface area (Å²) in [6.45, 7) is 0. The Labute approximate surface area is 121 Å². The van der Waals surface area contributed by atoms with Gasteiger partial charge in [-0.1, -0.05) is 18.2 Å². The molecule has 0 saturated carbocycles. The Hall–Kier alpha value is -2.03. The molecule has 7 heteroatoms. The van der Waals surface area contributed by atoms with Gasteiger partial charge in [0, 0.05) is 6.20 Å². The fraction of sp³-hybridized carbons (Fsp3) is 0. The molecule has 1 N–H and O–H groups in total. The van der Waals surface area contributed by atoms with E-state index in [0.29, 0.717) is 15.1 Å². The maximum atomic E-state index is 11.5. The molecule has 0 aliphatic carbocycles. The van der Waals surface area contributed by atoms with Gasteiger partial charge in [0.2, 0.25) is 0 Å². The Morgan fingerprint density at radius 3 is 2.68 bits per heavy atom. The van der Waals surface area contributed by atoms with E-state index in [4.69, 9.17) is 0 Å². The second-order valence-electron chi connectivity index (χ2n) is 3.76. The van der Waals surface area contributed by atoms with E-state index < -0.39 is 0 Å². The SMILES string of the molecule is O=c1[nH]c(-c2cnn(-c3ccccc3)n2)ncc1I. The van der Waals surface area contributed by atoms with Crippen molar-refractivity contribution in [3.05, 3.63) is 56.6 Å². The summed E-state index contributed by atoms with van der Waals surface area (Å²) >= 11 is 1.93. The highest BCUT2D eigenvalue weighted by Crippen LogP contribution is 2.11. The molecular formula is C12H8IN5O. The molecule has 19 heavy (non-hydrogen) atoms. The van der Waals surface area contributed by atoms with Crippen LogP contribution in [-0.4, -0.2) is 25.0 Å². The number of nitrogens with zero attached hydrogens (tertiary/aromatic N) is 4. The van der Waals surface area contributed by atoms with Gasteiger partial charge in [0.1, 0.15) is 5.69 Å². The zero-order valence-electron chi connectivity index (χ0n) is 9.62. The number of aromatic amines is 1. The summed E-state index contributed by atoms with van der Waals surface area (Å²) in [4.78, 5) is 19.8. The number of aromatic nitrogens is 5. The van der Waals surface area contributed by atoms with Crippen molar-refractivity contribution >= 4 is 22.6 Å². The second-order valence-corrected chi connectivity index (χ2v) is 4.93. The summed E-state index contributed by atoms with van der Waals surface area (Å²) in [6, 6.07) is 9.53. The van der Waals surface area contributed by atoms with Crippen molar-refractivity contribution in [3.8, 4) is 17.2 Å². The number of nitrogens with one attached hydrogen (secondary N) is 1. The Kier molecular flexibility index (Phi) is 3.11. The molecule has 3 aromatic rings. The molecule has 0 amide bonds. The highest BCUT2D eigenvalue weighted by atomic mass is 127. The predicted molar refractivity (Wildman–Crippen MR) is 77.9 cm³/mol. The van der Waals surface area contributed by atoms with Crippen LogP contribution in [0.4, 0.5) is 0 Å². The molecule has 2 aromatic heterocycles. The lowest BCUT2D eigenvalue weighted by atomic mass is 10.3. The van der Waals surface area contributed by atoms with Crippen molar-refractivity contribution in [3.63, 3.8) is 0 Å². The van der Waals surface area contributed by atoms with Gasteiger partial charge < -0.3 is 4.98 Å². The fourth-order valence-corrected chi connectivity index (χ4v) is 1.84. The number of hydrogen-bond donors (Lipinski definition) is 1. The van der Waals surface area contributed by atoms with Gasteiger partial charge in [0.15, 0.2) is 5.82 Å². The summed E-state index contributed by atoms with van der Waals surface area (Å²) in [7, 11) is 0. The van der Waals surface area contributed by atoms with E-state index in [1.165, 1.54) is 11.0 Å². The van der Waals surface area contributed by atoms with E-state index in [-0.39, 0.29) is 5.56 Å². The topological polar surface area (TPSA) is 76.5 Å². The van der Waals surface area contributed by atoms with Gasteiger partial charge in [-0.3, -0.25) is 4.79 Å². The van der Waals surface area contributed by atoms with Gasteiger partial charge in [0.05, 0.1) is 15.5 Å². The van der Waals surface area contributed by atoms with E-state index in [9.17, 15) is 4.79 Å². The van der Waals surface area contributed by atoms with Gasteiger partial charge in [-0.25, -0.2) is 4.98 Å². The van der Waals surface area contributed by atoms with Crippen LogP contribution in [0.15, 0.2) is 47.5 Å². The van der Waals surface area contributed by atoms with Crippen LogP contribution in [0.5, 0.6) is 0 Å². The molecule has 0 aliphatic rings. The summed E-state index contributed by atoms with van der Waals surface area (Å²) in [5.41, 5.74) is 1.19. The highest BCUT2D eigenvalue weighted by Gasteiger charge is 2.08. The number of halogens is 1. The third-order valence-electron chi connectivity index (χ3n) is 2.48. The van der Waals surface area contributed by atoms with E-state index in [1.54, 1.807) is 6.20 Å². The molecule has 0 spiro atoms. The quantitative estimate of drug-likeness (QED) is 0.701. The largest absolute Gasteiger partial charge is 0.304 e. The van der Waals surface area contributed by atoms with E-state index in [1.807, 2.05) is 52.9 Å². The molecule has 94 valence electrons. The van der Waals surface area contributed by atoms with Crippen molar-refractivity contribution in [2.45, 2.75) is 0 Å². The molecule has 2 heterocycles. The first-order valence-electron chi connectivity index (χ1n) is 5.47. The maximum Gasteiger partial charge on any atom is 0.264 e. The van der Waals surface area contributed by atoms with Crippen LogP contribution in [0.1, 0.15) is 0 Å². The first-order chi connectivity index (χ1) is 9.24. The predicted octanol–water partition coefficient (Wildman–Crippen LogP) is 1.62. The first-order valence-corrected chi connectivity index (χ1v) is 6.55. The molecule has 0 unspecified atom stereocenters. The molecule has 0 atom stereocenters. The highest BCUT2D eigenvalue weighted by molar-refractivity contribution is 14.1. The Balaban J connectivity index is 2.02.